The monoisotopic (exact) mass is 242 g/mol. The molecule has 0 spiro atoms. The van der Waals surface area contributed by atoms with Crippen LogP contribution in [0.3, 0.4) is 0 Å². The van der Waals surface area contributed by atoms with Gasteiger partial charge in [-0.1, -0.05) is 6.07 Å². The van der Waals surface area contributed by atoms with Crippen molar-refractivity contribution in [1.29, 1.82) is 5.26 Å². The zero-order chi connectivity index (χ0) is 13.2. The molecule has 0 aliphatic carbocycles. The first-order valence-corrected chi connectivity index (χ1v) is 6.08. The summed E-state index contributed by atoms with van der Waals surface area (Å²) in [5, 5.41) is 12.3. The predicted octanol–water partition coefficient (Wildman–Crippen LogP) is 2.28. The summed E-state index contributed by atoms with van der Waals surface area (Å²) >= 11 is 0. The summed E-state index contributed by atoms with van der Waals surface area (Å²) < 4.78 is 2.09. The Bertz CT molecular complexity index is 589. The van der Waals surface area contributed by atoms with Gasteiger partial charge in [-0.2, -0.15) is 5.26 Å². The van der Waals surface area contributed by atoms with E-state index >= 15 is 0 Å². The van der Waals surface area contributed by atoms with Crippen LogP contribution in [0.2, 0.25) is 0 Å². The minimum atomic E-state index is -0.339. The Labute approximate surface area is 107 Å². The predicted molar refractivity (Wildman–Crippen MR) is 71.0 cm³/mol. The van der Waals surface area contributed by atoms with Crippen LogP contribution in [0.5, 0.6) is 0 Å². The third-order valence-corrected chi connectivity index (χ3v) is 2.99. The van der Waals surface area contributed by atoms with Gasteiger partial charge in [-0.05, 0) is 32.9 Å². The van der Waals surface area contributed by atoms with Gasteiger partial charge in [-0.25, -0.2) is 4.98 Å². The third kappa shape index (κ3) is 2.52. The van der Waals surface area contributed by atoms with Crippen LogP contribution in [0, 0.1) is 23.7 Å². The number of fused-ring (bicyclic) bond motifs is 1. The Kier molecular flexibility index (Phi) is 3.35. The molecular formula is C14H18N4. The number of hydrogen-bond acceptors (Lipinski definition) is 3. The second-order valence-corrected chi connectivity index (χ2v) is 5.17. The Morgan fingerprint density at radius 3 is 2.94 bits per heavy atom. The molecule has 0 atom stereocenters. The first-order chi connectivity index (χ1) is 8.53. The molecule has 18 heavy (non-hydrogen) atoms. The van der Waals surface area contributed by atoms with E-state index in [9.17, 15) is 0 Å². The highest BCUT2D eigenvalue weighted by Crippen LogP contribution is 2.14. The molecule has 94 valence electrons. The summed E-state index contributed by atoms with van der Waals surface area (Å²) in [6, 6.07) is 8.26. The molecule has 2 aromatic rings. The number of nitrogens with zero attached hydrogens (tertiary/aromatic N) is 3. The maximum atomic E-state index is 8.97. The molecule has 4 heteroatoms. The lowest BCUT2D eigenvalue weighted by molar-refractivity contribution is 0.442. The van der Waals surface area contributed by atoms with E-state index in [2.05, 4.69) is 20.8 Å². The topological polar surface area (TPSA) is 53.1 Å². The summed E-state index contributed by atoms with van der Waals surface area (Å²) in [5.74, 6) is 0. The molecule has 0 fully saturated rings. The van der Waals surface area contributed by atoms with Crippen molar-refractivity contribution in [3.8, 4) is 6.07 Å². The van der Waals surface area contributed by atoms with Crippen LogP contribution in [0.25, 0.3) is 5.65 Å². The molecule has 1 N–H and O–H groups in total. The molecule has 0 amide bonds. The van der Waals surface area contributed by atoms with Crippen molar-refractivity contribution < 1.29 is 0 Å². The number of nitriles is 1. The average molecular weight is 242 g/mol. The number of rotatable bonds is 4. The second-order valence-electron chi connectivity index (χ2n) is 5.17. The Morgan fingerprint density at radius 1 is 1.44 bits per heavy atom. The van der Waals surface area contributed by atoms with Gasteiger partial charge in [0, 0.05) is 19.3 Å². The molecule has 0 unspecified atom stereocenters. The third-order valence-electron chi connectivity index (χ3n) is 2.99. The first kappa shape index (κ1) is 12.6. The van der Waals surface area contributed by atoms with Crippen molar-refractivity contribution in [3.05, 3.63) is 35.8 Å². The summed E-state index contributed by atoms with van der Waals surface area (Å²) in [7, 11) is 0. The Balaban J connectivity index is 2.13. The summed E-state index contributed by atoms with van der Waals surface area (Å²) in [6.07, 6.45) is 2.02. The molecular weight excluding hydrogens is 224 g/mol. The normalized spacial score (nSPS) is 11.7. The van der Waals surface area contributed by atoms with Crippen LogP contribution < -0.4 is 5.32 Å². The lowest BCUT2D eigenvalue weighted by Crippen LogP contribution is -2.28. The Morgan fingerprint density at radius 2 is 2.22 bits per heavy atom. The van der Waals surface area contributed by atoms with E-state index in [-0.39, 0.29) is 5.41 Å². The van der Waals surface area contributed by atoms with Crippen LogP contribution >= 0.6 is 0 Å². The van der Waals surface area contributed by atoms with Gasteiger partial charge in [0.2, 0.25) is 0 Å². The van der Waals surface area contributed by atoms with Crippen molar-refractivity contribution in [2.45, 2.75) is 27.3 Å². The minimum absolute atomic E-state index is 0.339. The fourth-order valence-electron chi connectivity index (χ4n) is 1.91. The second kappa shape index (κ2) is 4.79. The van der Waals surface area contributed by atoms with Crippen molar-refractivity contribution in [3.63, 3.8) is 0 Å². The van der Waals surface area contributed by atoms with E-state index in [0.29, 0.717) is 6.54 Å². The molecule has 0 aliphatic heterocycles. The Hall–Kier alpha value is -1.86. The van der Waals surface area contributed by atoms with Crippen LogP contribution in [0.1, 0.15) is 25.2 Å². The van der Waals surface area contributed by atoms with Gasteiger partial charge >= 0.3 is 0 Å². The molecule has 0 saturated carbocycles. The van der Waals surface area contributed by atoms with Crippen LogP contribution in [0.4, 0.5) is 0 Å². The van der Waals surface area contributed by atoms with E-state index in [0.717, 1.165) is 23.6 Å². The van der Waals surface area contributed by atoms with E-state index < -0.39 is 0 Å². The first-order valence-electron chi connectivity index (χ1n) is 6.08. The number of hydrogen-bond donors (Lipinski definition) is 1. The summed E-state index contributed by atoms with van der Waals surface area (Å²) in [4.78, 5) is 4.51. The number of aryl methyl sites for hydroxylation is 1. The van der Waals surface area contributed by atoms with Crippen molar-refractivity contribution in [2.24, 2.45) is 5.41 Å². The van der Waals surface area contributed by atoms with Gasteiger partial charge < -0.3 is 9.72 Å². The van der Waals surface area contributed by atoms with Crippen LogP contribution in [-0.2, 0) is 6.54 Å². The van der Waals surface area contributed by atoms with E-state index in [1.54, 1.807) is 0 Å². The molecule has 0 saturated heterocycles. The zero-order valence-corrected chi connectivity index (χ0v) is 11.1. The van der Waals surface area contributed by atoms with Crippen LogP contribution in [-0.4, -0.2) is 15.9 Å². The van der Waals surface area contributed by atoms with E-state index in [1.165, 1.54) is 0 Å². The van der Waals surface area contributed by atoms with Gasteiger partial charge in [0.25, 0.3) is 0 Å². The number of aromatic nitrogens is 2. The highest BCUT2D eigenvalue weighted by Gasteiger charge is 2.16. The number of nitrogens with one attached hydrogen (secondary N) is 1. The van der Waals surface area contributed by atoms with Crippen LogP contribution in [0.15, 0.2) is 24.4 Å². The van der Waals surface area contributed by atoms with Crippen molar-refractivity contribution in [1.82, 2.24) is 14.7 Å². The summed E-state index contributed by atoms with van der Waals surface area (Å²) in [5.41, 5.74) is 2.81. The number of pyridine rings is 1. The zero-order valence-electron chi connectivity index (χ0n) is 11.1. The highest BCUT2D eigenvalue weighted by molar-refractivity contribution is 5.42. The van der Waals surface area contributed by atoms with Gasteiger partial charge in [0.05, 0.1) is 22.9 Å². The maximum Gasteiger partial charge on any atom is 0.137 e. The van der Waals surface area contributed by atoms with Gasteiger partial charge in [-0.15, -0.1) is 0 Å². The molecule has 2 aromatic heterocycles. The largest absolute Gasteiger partial charge is 0.310 e. The molecule has 0 aliphatic rings. The molecule has 0 radical (unpaired) electrons. The standard InChI is InChI=1S/C14H18N4/c1-11-12(8-16-10-14(2,3)9-15)18-7-5-4-6-13(18)17-11/h4-7,16H,8,10H2,1-3H3. The molecule has 0 aromatic carbocycles. The average Bonchev–Trinajstić information content (AvgIpc) is 2.66. The lowest BCUT2D eigenvalue weighted by atomic mass is 9.96. The fourth-order valence-corrected chi connectivity index (χ4v) is 1.91. The molecule has 2 heterocycles. The quantitative estimate of drug-likeness (QED) is 0.895. The SMILES string of the molecule is Cc1nc2ccccn2c1CNCC(C)(C)C#N. The van der Waals surface area contributed by atoms with Gasteiger partial charge in [0.1, 0.15) is 5.65 Å². The molecule has 0 bridgehead atoms. The maximum absolute atomic E-state index is 8.97. The van der Waals surface area contributed by atoms with Crippen molar-refractivity contribution >= 4 is 5.65 Å². The van der Waals surface area contributed by atoms with Crippen molar-refractivity contribution in [2.75, 3.05) is 6.54 Å². The molecule has 2 rings (SSSR count). The smallest absolute Gasteiger partial charge is 0.137 e. The summed E-state index contributed by atoms with van der Waals surface area (Å²) in [6.45, 7) is 7.27. The van der Waals surface area contributed by atoms with Gasteiger partial charge in [-0.3, -0.25) is 0 Å². The van der Waals surface area contributed by atoms with E-state index in [1.807, 2.05) is 45.2 Å². The van der Waals surface area contributed by atoms with E-state index in [4.69, 9.17) is 5.26 Å². The number of imidazole rings is 1. The van der Waals surface area contributed by atoms with Gasteiger partial charge in [0.15, 0.2) is 0 Å². The molecule has 4 nitrogen and oxygen atoms in total. The highest BCUT2D eigenvalue weighted by atomic mass is 15.0. The lowest BCUT2D eigenvalue weighted by Gasteiger charge is -2.15. The fraction of sp³-hybridized carbons (Fsp3) is 0.429. The minimum Gasteiger partial charge on any atom is -0.310 e.